The van der Waals surface area contributed by atoms with Crippen LogP contribution in [-0.4, -0.2) is 9.78 Å². The Morgan fingerprint density at radius 3 is 2.74 bits per heavy atom. The Balaban J connectivity index is 2.10. The van der Waals surface area contributed by atoms with Crippen molar-refractivity contribution in [1.29, 1.82) is 5.26 Å². The van der Waals surface area contributed by atoms with Crippen LogP contribution in [0.5, 0.6) is 0 Å². The van der Waals surface area contributed by atoms with Gasteiger partial charge in [0.05, 0.1) is 23.9 Å². The summed E-state index contributed by atoms with van der Waals surface area (Å²) in [7, 11) is 0. The number of aromatic nitrogens is 2. The second-order valence-corrected chi connectivity index (χ2v) is 5.37. The van der Waals surface area contributed by atoms with Crippen molar-refractivity contribution < 1.29 is 0 Å². The minimum Gasteiger partial charge on any atom is -0.237 e. The Labute approximate surface area is 113 Å². The van der Waals surface area contributed by atoms with Crippen molar-refractivity contribution >= 4 is 0 Å². The third-order valence-corrected chi connectivity index (χ3v) is 3.62. The fourth-order valence-corrected chi connectivity index (χ4v) is 2.52. The zero-order chi connectivity index (χ0) is 13.4. The molecule has 1 aromatic heterocycles. The van der Waals surface area contributed by atoms with Gasteiger partial charge in [-0.1, -0.05) is 17.7 Å². The Bertz CT molecular complexity index is 657. The molecule has 0 atom stereocenters. The molecule has 0 N–H and O–H groups in total. The smallest absolute Gasteiger partial charge is 0.0793 e. The summed E-state index contributed by atoms with van der Waals surface area (Å²) in [6.07, 6.45) is 2.86. The molecule has 1 aliphatic carbocycles. The molecule has 0 saturated heterocycles. The van der Waals surface area contributed by atoms with Crippen LogP contribution in [0.15, 0.2) is 24.3 Å². The zero-order valence-electron chi connectivity index (χ0n) is 11.3. The van der Waals surface area contributed by atoms with Crippen LogP contribution in [0.2, 0.25) is 0 Å². The van der Waals surface area contributed by atoms with E-state index in [1.54, 1.807) is 0 Å². The van der Waals surface area contributed by atoms with E-state index >= 15 is 0 Å². The number of hydrogen-bond donors (Lipinski definition) is 0. The van der Waals surface area contributed by atoms with Crippen LogP contribution < -0.4 is 0 Å². The summed E-state index contributed by atoms with van der Waals surface area (Å²) < 4.78 is 2.04. The second-order valence-electron chi connectivity index (χ2n) is 5.37. The summed E-state index contributed by atoms with van der Waals surface area (Å²) in [6.45, 7) is 4.22. The Morgan fingerprint density at radius 1 is 1.32 bits per heavy atom. The summed E-state index contributed by atoms with van der Waals surface area (Å²) >= 11 is 0. The number of nitrogens with zero attached hydrogens (tertiary/aromatic N) is 3. The van der Waals surface area contributed by atoms with E-state index in [2.05, 4.69) is 49.3 Å². The SMILES string of the molecule is Cc1ccc(-n2nc(CC#N)cc2C2CC2)c(C)c1. The van der Waals surface area contributed by atoms with Crippen LogP contribution in [0.3, 0.4) is 0 Å². The molecule has 1 aromatic carbocycles. The van der Waals surface area contributed by atoms with Gasteiger partial charge in [0.15, 0.2) is 0 Å². The first-order chi connectivity index (χ1) is 9.19. The highest BCUT2D eigenvalue weighted by Crippen LogP contribution is 2.41. The van der Waals surface area contributed by atoms with E-state index in [1.807, 2.05) is 4.68 Å². The van der Waals surface area contributed by atoms with Gasteiger partial charge >= 0.3 is 0 Å². The molecule has 3 rings (SSSR count). The highest BCUT2D eigenvalue weighted by atomic mass is 15.3. The van der Waals surface area contributed by atoms with Gasteiger partial charge in [-0.3, -0.25) is 0 Å². The standard InChI is InChI=1S/C16H17N3/c1-11-3-6-15(12(2)9-11)19-16(13-4-5-13)10-14(18-19)7-8-17/h3,6,9-10,13H,4-5,7H2,1-2H3. The summed E-state index contributed by atoms with van der Waals surface area (Å²) in [5.41, 5.74) is 5.77. The van der Waals surface area contributed by atoms with Gasteiger partial charge < -0.3 is 0 Å². The molecule has 0 spiro atoms. The van der Waals surface area contributed by atoms with Crippen LogP contribution in [0, 0.1) is 25.2 Å². The fraction of sp³-hybridized carbons (Fsp3) is 0.375. The van der Waals surface area contributed by atoms with Gasteiger partial charge in [0.1, 0.15) is 0 Å². The van der Waals surface area contributed by atoms with E-state index in [0.717, 1.165) is 11.4 Å². The maximum atomic E-state index is 8.84. The zero-order valence-corrected chi connectivity index (χ0v) is 11.3. The normalized spacial score (nSPS) is 14.4. The Kier molecular flexibility index (Phi) is 2.87. The topological polar surface area (TPSA) is 41.6 Å². The predicted molar refractivity (Wildman–Crippen MR) is 74.3 cm³/mol. The van der Waals surface area contributed by atoms with Crippen LogP contribution >= 0.6 is 0 Å². The van der Waals surface area contributed by atoms with Gasteiger partial charge in [-0.15, -0.1) is 0 Å². The molecular weight excluding hydrogens is 234 g/mol. The molecule has 2 aromatic rings. The number of nitriles is 1. The predicted octanol–water partition coefficient (Wildman–Crippen LogP) is 3.43. The quantitative estimate of drug-likeness (QED) is 0.838. The molecule has 19 heavy (non-hydrogen) atoms. The first kappa shape index (κ1) is 12.0. The van der Waals surface area contributed by atoms with Crippen LogP contribution in [0.1, 0.15) is 41.3 Å². The molecule has 0 unspecified atom stereocenters. The number of hydrogen-bond acceptors (Lipinski definition) is 2. The number of aryl methyl sites for hydroxylation is 2. The molecule has 3 heteroatoms. The highest BCUT2D eigenvalue weighted by molar-refractivity contribution is 5.44. The van der Waals surface area contributed by atoms with Gasteiger partial charge in [-0.2, -0.15) is 10.4 Å². The molecule has 1 heterocycles. The number of rotatable bonds is 3. The molecule has 1 saturated carbocycles. The van der Waals surface area contributed by atoms with E-state index in [1.165, 1.54) is 29.7 Å². The van der Waals surface area contributed by atoms with E-state index in [4.69, 9.17) is 5.26 Å². The van der Waals surface area contributed by atoms with Crippen molar-refractivity contribution in [2.45, 2.75) is 39.0 Å². The van der Waals surface area contributed by atoms with Crippen molar-refractivity contribution in [1.82, 2.24) is 9.78 Å². The first-order valence-electron chi connectivity index (χ1n) is 6.72. The lowest BCUT2D eigenvalue weighted by molar-refractivity contribution is 0.790. The molecule has 0 bridgehead atoms. The summed E-state index contributed by atoms with van der Waals surface area (Å²) in [5, 5.41) is 13.5. The highest BCUT2D eigenvalue weighted by Gasteiger charge is 2.28. The molecule has 3 nitrogen and oxygen atoms in total. The van der Waals surface area contributed by atoms with Crippen molar-refractivity contribution in [3.63, 3.8) is 0 Å². The lowest BCUT2D eigenvalue weighted by Crippen LogP contribution is -2.03. The maximum absolute atomic E-state index is 8.84. The monoisotopic (exact) mass is 251 g/mol. The summed E-state index contributed by atoms with van der Waals surface area (Å²) in [4.78, 5) is 0. The second kappa shape index (κ2) is 4.55. The molecule has 0 amide bonds. The van der Waals surface area contributed by atoms with Crippen molar-refractivity contribution in [3.05, 3.63) is 46.8 Å². The largest absolute Gasteiger partial charge is 0.237 e. The summed E-state index contributed by atoms with van der Waals surface area (Å²) in [6, 6.07) is 10.7. The van der Waals surface area contributed by atoms with Crippen LogP contribution in [0.25, 0.3) is 5.69 Å². The third-order valence-electron chi connectivity index (χ3n) is 3.62. The van der Waals surface area contributed by atoms with Crippen molar-refractivity contribution in [2.24, 2.45) is 0 Å². The maximum Gasteiger partial charge on any atom is 0.0793 e. The molecule has 1 aliphatic rings. The summed E-state index contributed by atoms with van der Waals surface area (Å²) in [5.74, 6) is 0.626. The van der Waals surface area contributed by atoms with Gasteiger partial charge in [0.25, 0.3) is 0 Å². The van der Waals surface area contributed by atoms with Gasteiger partial charge in [-0.25, -0.2) is 4.68 Å². The third kappa shape index (κ3) is 2.26. The Hall–Kier alpha value is -2.08. The first-order valence-corrected chi connectivity index (χ1v) is 6.72. The fourth-order valence-electron chi connectivity index (χ4n) is 2.52. The average Bonchev–Trinajstić information content (AvgIpc) is 3.12. The van der Waals surface area contributed by atoms with Crippen molar-refractivity contribution in [2.75, 3.05) is 0 Å². The molecule has 0 aliphatic heterocycles. The van der Waals surface area contributed by atoms with Gasteiger partial charge in [0.2, 0.25) is 0 Å². The van der Waals surface area contributed by atoms with E-state index < -0.39 is 0 Å². The molecule has 96 valence electrons. The number of benzene rings is 1. The molecule has 0 radical (unpaired) electrons. The minimum atomic E-state index is 0.387. The van der Waals surface area contributed by atoms with Gasteiger partial charge in [0, 0.05) is 11.6 Å². The molecule has 1 fully saturated rings. The lowest BCUT2D eigenvalue weighted by atomic mass is 10.1. The molecular formula is C16H17N3. The van der Waals surface area contributed by atoms with Crippen LogP contribution in [0.4, 0.5) is 0 Å². The van der Waals surface area contributed by atoms with E-state index in [0.29, 0.717) is 12.3 Å². The lowest BCUT2D eigenvalue weighted by Gasteiger charge is -2.10. The van der Waals surface area contributed by atoms with Crippen LogP contribution in [-0.2, 0) is 6.42 Å². The van der Waals surface area contributed by atoms with E-state index in [9.17, 15) is 0 Å². The van der Waals surface area contributed by atoms with Gasteiger partial charge in [-0.05, 0) is 44.4 Å². The Morgan fingerprint density at radius 2 is 2.11 bits per heavy atom. The van der Waals surface area contributed by atoms with E-state index in [-0.39, 0.29) is 0 Å². The average molecular weight is 251 g/mol. The van der Waals surface area contributed by atoms with Crippen molar-refractivity contribution in [3.8, 4) is 11.8 Å². The minimum absolute atomic E-state index is 0.387.